The summed E-state index contributed by atoms with van der Waals surface area (Å²) in [5.41, 5.74) is 0.837. The number of halogens is 3. The topological polar surface area (TPSA) is 63.2 Å². The first-order chi connectivity index (χ1) is 10.3. The van der Waals surface area contributed by atoms with Crippen molar-refractivity contribution in [1.29, 1.82) is 0 Å². The molecule has 5 nitrogen and oxygen atoms in total. The molecule has 1 heterocycles. The first kappa shape index (κ1) is 16.9. The van der Waals surface area contributed by atoms with E-state index in [0.29, 0.717) is 25.9 Å². The van der Waals surface area contributed by atoms with Gasteiger partial charge in [0.2, 0.25) is 11.8 Å². The molecule has 0 N–H and O–H groups in total. The van der Waals surface area contributed by atoms with Gasteiger partial charge in [-0.2, -0.15) is 0 Å². The molecule has 2 amide bonds. The van der Waals surface area contributed by atoms with Gasteiger partial charge in [0.25, 0.3) is 0 Å². The van der Waals surface area contributed by atoms with E-state index in [9.17, 15) is 9.59 Å². The second kappa shape index (κ2) is 6.73. The van der Waals surface area contributed by atoms with Crippen LogP contribution in [0.2, 0.25) is 10.0 Å². The Morgan fingerprint density at radius 2 is 1.82 bits per heavy atom. The Balaban J connectivity index is 2.72. The van der Waals surface area contributed by atoms with Crippen LogP contribution in [0, 0.1) is 0 Å². The largest absolute Gasteiger partial charge is 0.274 e. The molecule has 2 rings (SSSR count). The second-order valence-electron chi connectivity index (χ2n) is 4.36. The van der Waals surface area contributed by atoms with Crippen molar-refractivity contribution in [3.63, 3.8) is 0 Å². The van der Waals surface area contributed by atoms with Crippen LogP contribution in [0.1, 0.15) is 13.8 Å². The third kappa shape index (κ3) is 3.45. The number of hydrogen-bond donors (Lipinski definition) is 0. The average molecular weight is 403 g/mol. The molecule has 22 heavy (non-hydrogen) atoms. The van der Waals surface area contributed by atoms with Crippen molar-refractivity contribution in [3.05, 3.63) is 39.0 Å². The van der Waals surface area contributed by atoms with Crippen LogP contribution >= 0.6 is 39.1 Å². The zero-order valence-electron chi connectivity index (χ0n) is 11.6. The van der Waals surface area contributed by atoms with Crippen LogP contribution in [0.15, 0.2) is 29.0 Å². The van der Waals surface area contributed by atoms with Crippen molar-refractivity contribution >= 4 is 56.8 Å². The van der Waals surface area contributed by atoms with E-state index in [0.717, 1.165) is 4.90 Å². The molecule has 0 spiro atoms. The summed E-state index contributed by atoms with van der Waals surface area (Å²) in [6.07, 6.45) is 1.46. The maximum atomic E-state index is 11.8. The second-order valence-corrected chi connectivity index (χ2v) is 6.02. The molecule has 0 fully saturated rings. The van der Waals surface area contributed by atoms with E-state index in [2.05, 4.69) is 25.9 Å². The van der Waals surface area contributed by atoms with Gasteiger partial charge in [-0.05, 0) is 34.1 Å². The van der Waals surface area contributed by atoms with Crippen LogP contribution in [-0.4, -0.2) is 21.8 Å². The summed E-state index contributed by atoms with van der Waals surface area (Å²) < 4.78 is 0.392. The van der Waals surface area contributed by atoms with Gasteiger partial charge in [-0.3, -0.25) is 9.59 Å². The van der Waals surface area contributed by atoms with Crippen LogP contribution in [0.5, 0.6) is 0 Å². The smallest absolute Gasteiger partial charge is 0.231 e. The molecule has 1 aromatic carbocycles. The molecule has 114 valence electrons. The van der Waals surface area contributed by atoms with Crippen molar-refractivity contribution in [1.82, 2.24) is 9.97 Å². The van der Waals surface area contributed by atoms with Gasteiger partial charge in [0.05, 0.1) is 11.2 Å². The summed E-state index contributed by atoms with van der Waals surface area (Å²) in [5.74, 6) is -0.823. The fourth-order valence-electron chi connectivity index (χ4n) is 1.91. The Hall–Kier alpha value is -1.50. The zero-order valence-corrected chi connectivity index (χ0v) is 14.7. The summed E-state index contributed by atoms with van der Waals surface area (Å²) in [6, 6.07) is 4.85. The van der Waals surface area contributed by atoms with Crippen LogP contribution < -0.4 is 4.90 Å². The molecule has 0 radical (unpaired) electrons. The van der Waals surface area contributed by atoms with E-state index in [1.807, 2.05) is 0 Å². The van der Waals surface area contributed by atoms with Gasteiger partial charge in [0.15, 0.2) is 5.82 Å². The highest BCUT2D eigenvalue weighted by molar-refractivity contribution is 9.10. The maximum absolute atomic E-state index is 11.8. The summed E-state index contributed by atoms with van der Waals surface area (Å²) in [6.45, 7) is 2.55. The lowest BCUT2D eigenvalue weighted by Crippen LogP contribution is -2.34. The number of carbonyl (C=O) groups excluding carboxylic acids is 2. The number of nitrogens with zero attached hydrogens (tertiary/aromatic N) is 3. The van der Waals surface area contributed by atoms with E-state index in [1.165, 1.54) is 20.0 Å². The highest BCUT2D eigenvalue weighted by Gasteiger charge is 2.24. The first-order valence-electron chi connectivity index (χ1n) is 6.10. The Bertz CT molecular complexity index is 754. The van der Waals surface area contributed by atoms with Crippen LogP contribution in [-0.2, 0) is 9.59 Å². The summed E-state index contributed by atoms with van der Waals surface area (Å²) in [5, 5.41) is 0.813. The maximum Gasteiger partial charge on any atom is 0.231 e. The van der Waals surface area contributed by atoms with Crippen molar-refractivity contribution in [2.24, 2.45) is 0 Å². The standard InChI is InChI=1S/C14H10BrCl2N3O2/c1-7(21)20(8(2)22)14-13(18-6-12(15)19-14)10-4-3-9(16)5-11(10)17/h3-6H,1-2H3. The zero-order chi connectivity index (χ0) is 16.4. The molecule has 0 atom stereocenters. The molecule has 0 saturated carbocycles. The number of aromatic nitrogens is 2. The number of rotatable bonds is 2. The lowest BCUT2D eigenvalue weighted by molar-refractivity contribution is -0.124. The first-order valence-corrected chi connectivity index (χ1v) is 7.65. The monoisotopic (exact) mass is 401 g/mol. The molecule has 0 aliphatic carbocycles. The van der Waals surface area contributed by atoms with Gasteiger partial charge in [-0.15, -0.1) is 0 Å². The number of anilines is 1. The molecule has 1 aromatic heterocycles. The summed E-state index contributed by atoms with van der Waals surface area (Å²) in [7, 11) is 0. The number of benzene rings is 1. The van der Waals surface area contributed by atoms with Crippen molar-refractivity contribution in [2.75, 3.05) is 4.90 Å². The number of amides is 2. The molecule has 0 aliphatic heterocycles. The van der Waals surface area contributed by atoms with Gasteiger partial charge in [0, 0.05) is 24.4 Å². The van der Waals surface area contributed by atoms with E-state index >= 15 is 0 Å². The van der Waals surface area contributed by atoms with Gasteiger partial charge in [-0.25, -0.2) is 14.9 Å². The Morgan fingerprint density at radius 1 is 1.18 bits per heavy atom. The molecule has 0 bridgehead atoms. The Kier molecular flexibility index (Phi) is 5.16. The van der Waals surface area contributed by atoms with E-state index in [-0.39, 0.29) is 5.82 Å². The van der Waals surface area contributed by atoms with Crippen molar-refractivity contribution in [2.45, 2.75) is 13.8 Å². The summed E-state index contributed by atoms with van der Waals surface area (Å²) in [4.78, 5) is 33.0. The SMILES string of the molecule is CC(=O)N(C(C)=O)c1nc(Br)cnc1-c1ccc(Cl)cc1Cl. The third-order valence-corrected chi connectivity index (χ3v) is 3.68. The summed E-state index contributed by atoms with van der Waals surface area (Å²) >= 11 is 15.3. The van der Waals surface area contributed by atoms with Gasteiger partial charge in [0.1, 0.15) is 10.3 Å². The third-order valence-electron chi connectivity index (χ3n) is 2.75. The van der Waals surface area contributed by atoms with E-state index in [4.69, 9.17) is 23.2 Å². The Morgan fingerprint density at radius 3 is 2.36 bits per heavy atom. The Labute approximate surface area is 145 Å². The molecule has 2 aromatic rings. The van der Waals surface area contributed by atoms with Gasteiger partial charge < -0.3 is 0 Å². The predicted molar refractivity (Wildman–Crippen MR) is 89.0 cm³/mol. The number of hydrogen-bond acceptors (Lipinski definition) is 4. The molecule has 8 heteroatoms. The van der Waals surface area contributed by atoms with E-state index in [1.54, 1.807) is 18.2 Å². The van der Waals surface area contributed by atoms with E-state index < -0.39 is 11.8 Å². The minimum atomic E-state index is -0.466. The molecule has 0 saturated heterocycles. The minimum absolute atomic E-state index is 0.110. The molecule has 0 unspecified atom stereocenters. The highest BCUT2D eigenvalue weighted by Crippen LogP contribution is 2.34. The lowest BCUT2D eigenvalue weighted by Gasteiger charge is -2.19. The fourth-order valence-corrected chi connectivity index (χ4v) is 2.67. The van der Waals surface area contributed by atoms with Gasteiger partial charge in [-0.1, -0.05) is 23.2 Å². The van der Waals surface area contributed by atoms with Crippen LogP contribution in [0.25, 0.3) is 11.3 Å². The van der Waals surface area contributed by atoms with Crippen molar-refractivity contribution in [3.8, 4) is 11.3 Å². The van der Waals surface area contributed by atoms with Gasteiger partial charge >= 0.3 is 0 Å². The lowest BCUT2D eigenvalue weighted by atomic mass is 10.1. The van der Waals surface area contributed by atoms with Crippen LogP contribution in [0.4, 0.5) is 5.82 Å². The molecular formula is C14H10BrCl2N3O2. The number of imide groups is 1. The predicted octanol–water partition coefficient (Wildman–Crippen LogP) is 4.11. The molecular weight excluding hydrogens is 393 g/mol. The normalized spacial score (nSPS) is 10.4. The fraction of sp³-hybridized carbons (Fsp3) is 0.143. The average Bonchev–Trinajstić information content (AvgIpc) is 2.39. The molecule has 0 aliphatic rings. The quantitative estimate of drug-likeness (QED) is 0.758. The number of carbonyl (C=O) groups is 2. The van der Waals surface area contributed by atoms with Crippen LogP contribution in [0.3, 0.4) is 0 Å². The van der Waals surface area contributed by atoms with Crippen molar-refractivity contribution < 1.29 is 9.59 Å². The minimum Gasteiger partial charge on any atom is -0.274 e. The highest BCUT2D eigenvalue weighted by atomic mass is 79.9.